The Morgan fingerprint density at radius 2 is 2.12 bits per heavy atom. The van der Waals surface area contributed by atoms with Crippen LogP contribution in [0.5, 0.6) is 0 Å². The molecule has 1 aliphatic rings. The number of hydrogen-bond donors (Lipinski definition) is 3. The summed E-state index contributed by atoms with van der Waals surface area (Å²) in [6.45, 7) is 3.99. The van der Waals surface area contributed by atoms with Gasteiger partial charge in [-0.3, -0.25) is 4.57 Å². The highest BCUT2D eigenvalue weighted by atomic mass is 32.1. The van der Waals surface area contributed by atoms with Crippen molar-refractivity contribution in [1.82, 2.24) is 24.4 Å². The highest BCUT2D eigenvalue weighted by Gasteiger charge is 2.42. The number of imidazole rings is 1. The minimum atomic E-state index is -1.06. The Morgan fingerprint density at radius 1 is 1.40 bits per heavy atom. The van der Waals surface area contributed by atoms with Crippen LogP contribution in [0.1, 0.15) is 25.9 Å². The first-order valence-corrected chi connectivity index (χ1v) is 8.38. The van der Waals surface area contributed by atoms with Gasteiger partial charge in [-0.25, -0.2) is 15.0 Å². The third kappa shape index (κ3) is 3.17. The molecule has 1 saturated heterocycles. The maximum Gasteiger partial charge on any atom is 0.168 e. The van der Waals surface area contributed by atoms with Crippen LogP contribution in [0.4, 0.5) is 5.82 Å². The normalized spacial score (nSPS) is 26.2. The molecule has 0 aromatic carbocycles. The van der Waals surface area contributed by atoms with Gasteiger partial charge >= 0.3 is 0 Å². The van der Waals surface area contributed by atoms with Crippen LogP contribution in [-0.4, -0.2) is 72.0 Å². The van der Waals surface area contributed by atoms with Crippen molar-refractivity contribution in [3.05, 3.63) is 12.2 Å². The zero-order chi connectivity index (χ0) is 18.3. The van der Waals surface area contributed by atoms with E-state index in [1.165, 1.54) is 6.33 Å². The van der Waals surface area contributed by atoms with Crippen LogP contribution in [0, 0.1) is 0 Å². The fraction of sp³-hybridized carbons (Fsp3) is 0.600. The molecule has 1 fully saturated rings. The minimum Gasteiger partial charge on any atom is -0.388 e. The van der Waals surface area contributed by atoms with Crippen LogP contribution in [0.25, 0.3) is 11.2 Å². The number of ether oxygens (including phenoxy) is 1. The van der Waals surface area contributed by atoms with E-state index in [0.29, 0.717) is 29.4 Å². The molecular formula is C15H22N6O3S. The van der Waals surface area contributed by atoms with E-state index < -0.39 is 24.5 Å². The van der Waals surface area contributed by atoms with Gasteiger partial charge in [-0.2, -0.15) is 0 Å². The first kappa shape index (κ1) is 17.9. The van der Waals surface area contributed by atoms with Crippen LogP contribution in [-0.2, 0) is 11.3 Å². The Kier molecular flexibility index (Phi) is 4.87. The monoisotopic (exact) mass is 366 g/mol. The number of aromatic nitrogens is 4. The molecule has 3 N–H and O–H groups in total. The van der Waals surface area contributed by atoms with Gasteiger partial charge < -0.3 is 25.2 Å². The molecule has 10 heteroatoms. The van der Waals surface area contributed by atoms with Crippen LogP contribution in [0.3, 0.4) is 0 Å². The second-order valence-electron chi connectivity index (χ2n) is 6.15. The standard InChI is InChI=1S/C15H22N6O3S/c1-7-11(22)12(23)15(24-7)21-6-17-10-13(16-3)18-9(19-14(10)21)5-20(4)8(2)25/h6-7,11-12,15,22-23H,5H2,1-4H3,(H,16,18,19)/t7-,11-,12-,15-/m1/s1. The summed E-state index contributed by atoms with van der Waals surface area (Å²) in [6, 6.07) is 0. The summed E-state index contributed by atoms with van der Waals surface area (Å²) in [7, 11) is 3.62. The zero-order valence-corrected chi connectivity index (χ0v) is 15.4. The number of aliphatic hydroxyl groups excluding tert-OH is 2. The molecule has 1 aliphatic heterocycles. The molecule has 0 radical (unpaired) electrons. The second-order valence-corrected chi connectivity index (χ2v) is 6.74. The number of hydrogen-bond acceptors (Lipinski definition) is 8. The Bertz CT molecular complexity index is 797. The number of nitrogens with one attached hydrogen (secondary N) is 1. The van der Waals surface area contributed by atoms with Gasteiger partial charge in [0.2, 0.25) is 0 Å². The lowest BCUT2D eigenvalue weighted by Gasteiger charge is -2.18. The van der Waals surface area contributed by atoms with E-state index in [1.807, 2.05) is 18.9 Å². The van der Waals surface area contributed by atoms with Gasteiger partial charge in [0.25, 0.3) is 0 Å². The molecule has 0 bridgehead atoms. The minimum absolute atomic E-state index is 0.443. The van der Waals surface area contributed by atoms with E-state index in [2.05, 4.69) is 20.3 Å². The predicted molar refractivity (Wildman–Crippen MR) is 96.2 cm³/mol. The molecule has 2 aromatic heterocycles. The molecule has 3 rings (SSSR count). The summed E-state index contributed by atoms with van der Waals surface area (Å²) < 4.78 is 7.31. The molecule has 0 spiro atoms. The van der Waals surface area contributed by atoms with Crippen molar-refractivity contribution in [3.63, 3.8) is 0 Å². The first-order chi connectivity index (χ1) is 11.8. The van der Waals surface area contributed by atoms with E-state index in [0.717, 1.165) is 4.99 Å². The molecular weight excluding hydrogens is 344 g/mol. The summed E-state index contributed by atoms with van der Waals surface area (Å²) in [5, 5.41) is 23.2. The van der Waals surface area contributed by atoms with E-state index >= 15 is 0 Å². The largest absolute Gasteiger partial charge is 0.388 e. The van der Waals surface area contributed by atoms with Gasteiger partial charge in [-0.15, -0.1) is 0 Å². The van der Waals surface area contributed by atoms with Crippen molar-refractivity contribution in [3.8, 4) is 0 Å². The van der Waals surface area contributed by atoms with Crippen LogP contribution in [0.15, 0.2) is 6.33 Å². The lowest BCUT2D eigenvalue weighted by molar-refractivity contribution is -0.0299. The number of nitrogens with zero attached hydrogens (tertiary/aromatic N) is 5. The topological polar surface area (TPSA) is 109 Å². The van der Waals surface area contributed by atoms with Crippen molar-refractivity contribution in [2.24, 2.45) is 0 Å². The molecule has 0 amide bonds. The quantitative estimate of drug-likeness (QED) is 0.658. The van der Waals surface area contributed by atoms with E-state index in [9.17, 15) is 10.2 Å². The van der Waals surface area contributed by atoms with Gasteiger partial charge in [-0.1, -0.05) is 12.2 Å². The predicted octanol–water partition coefficient (Wildman–Crippen LogP) is 0.286. The average Bonchev–Trinajstić information content (AvgIpc) is 3.10. The molecule has 136 valence electrons. The SMILES string of the molecule is CNc1nc(CN(C)C(C)=S)nc2c1ncn2[C@@H]1O[C@H](C)[C@@H](O)[C@H]1O. The maximum absolute atomic E-state index is 10.3. The third-order valence-corrected chi connectivity index (χ3v) is 4.68. The van der Waals surface area contributed by atoms with Crippen molar-refractivity contribution in [2.45, 2.75) is 44.9 Å². The van der Waals surface area contributed by atoms with Gasteiger partial charge in [0.1, 0.15) is 12.2 Å². The molecule has 4 atom stereocenters. The Balaban J connectivity index is 2.05. The lowest BCUT2D eigenvalue weighted by Crippen LogP contribution is -2.30. The average molecular weight is 366 g/mol. The molecule has 3 heterocycles. The van der Waals surface area contributed by atoms with E-state index in [1.54, 1.807) is 18.5 Å². The van der Waals surface area contributed by atoms with Crippen molar-refractivity contribution >= 4 is 34.2 Å². The van der Waals surface area contributed by atoms with Crippen molar-refractivity contribution in [1.29, 1.82) is 0 Å². The summed E-state index contributed by atoms with van der Waals surface area (Å²) in [5.41, 5.74) is 1.09. The molecule has 25 heavy (non-hydrogen) atoms. The first-order valence-electron chi connectivity index (χ1n) is 7.98. The smallest absolute Gasteiger partial charge is 0.168 e. The van der Waals surface area contributed by atoms with Gasteiger partial charge in [-0.05, 0) is 13.8 Å². The van der Waals surface area contributed by atoms with Crippen molar-refractivity contribution < 1.29 is 14.9 Å². The summed E-state index contributed by atoms with van der Waals surface area (Å²) in [4.78, 5) is 16.0. The third-order valence-electron chi connectivity index (χ3n) is 4.37. The fourth-order valence-electron chi connectivity index (χ4n) is 2.77. The van der Waals surface area contributed by atoms with Crippen LogP contribution >= 0.6 is 12.2 Å². The number of aliphatic hydroxyl groups is 2. The molecule has 0 aliphatic carbocycles. The fourth-order valence-corrected chi connectivity index (χ4v) is 2.84. The summed E-state index contributed by atoms with van der Waals surface area (Å²) in [6.07, 6.45) is -1.72. The summed E-state index contributed by atoms with van der Waals surface area (Å²) in [5.74, 6) is 1.14. The van der Waals surface area contributed by atoms with E-state index in [4.69, 9.17) is 17.0 Å². The molecule has 9 nitrogen and oxygen atoms in total. The molecule has 0 unspecified atom stereocenters. The maximum atomic E-state index is 10.3. The Hall–Kier alpha value is -1.88. The zero-order valence-electron chi connectivity index (χ0n) is 14.5. The number of thiocarbonyl (C=S) groups is 1. The lowest BCUT2D eigenvalue weighted by atomic mass is 10.1. The van der Waals surface area contributed by atoms with Crippen LogP contribution in [0.2, 0.25) is 0 Å². The Morgan fingerprint density at radius 3 is 2.68 bits per heavy atom. The van der Waals surface area contributed by atoms with E-state index in [-0.39, 0.29) is 0 Å². The second kappa shape index (κ2) is 6.79. The highest BCUT2D eigenvalue weighted by molar-refractivity contribution is 7.80. The summed E-state index contributed by atoms with van der Waals surface area (Å²) >= 11 is 5.17. The number of anilines is 1. The Labute approximate surface area is 150 Å². The number of fused-ring (bicyclic) bond motifs is 1. The van der Waals surface area contributed by atoms with Gasteiger partial charge in [0, 0.05) is 14.1 Å². The number of rotatable bonds is 4. The molecule has 0 saturated carbocycles. The van der Waals surface area contributed by atoms with Crippen molar-refractivity contribution in [2.75, 3.05) is 19.4 Å². The van der Waals surface area contributed by atoms with Gasteiger partial charge in [0.15, 0.2) is 29.0 Å². The highest BCUT2D eigenvalue weighted by Crippen LogP contribution is 2.32. The molecule has 2 aromatic rings. The van der Waals surface area contributed by atoms with Gasteiger partial charge in [0.05, 0.1) is 24.0 Å². The van der Waals surface area contributed by atoms with Crippen LogP contribution < -0.4 is 5.32 Å².